The second kappa shape index (κ2) is 5.19. The van der Waals surface area contributed by atoms with Crippen molar-refractivity contribution < 1.29 is 14.6 Å². The molecular formula is C15H28N2O3. The molecule has 2 aliphatic rings. The normalized spacial score (nSPS) is 30.4. The van der Waals surface area contributed by atoms with Crippen molar-refractivity contribution in [3.05, 3.63) is 0 Å². The van der Waals surface area contributed by atoms with Crippen LogP contribution in [0.2, 0.25) is 0 Å². The van der Waals surface area contributed by atoms with Crippen LogP contribution in [0.5, 0.6) is 0 Å². The van der Waals surface area contributed by atoms with Gasteiger partial charge in [-0.05, 0) is 46.5 Å². The molecule has 2 fully saturated rings. The second-order valence-corrected chi connectivity index (χ2v) is 7.40. The molecule has 0 aromatic heterocycles. The SMILES string of the molecule is CC(C)(C)OC(=O)N1CCCC(N)(C2(O)CCCC2)C1. The highest BCUT2D eigenvalue weighted by atomic mass is 16.6. The number of hydrogen-bond acceptors (Lipinski definition) is 4. The minimum Gasteiger partial charge on any atom is -0.444 e. The molecule has 5 heteroatoms. The van der Waals surface area contributed by atoms with E-state index in [1.54, 1.807) is 4.90 Å². The third-order valence-electron chi connectivity index (χ3n) is 4.53. The molecule has 1 unspecified atom stereocenters. The molecule has 3 N–H and O–H groups in total. The number of likely N-dealkylation sites (tertiary alicyclic amines) is 1. The lowest BCUT2D eigenvalue weighted by atomic mass is 9.74. The van der Waals surface area contributed by atoms with Crippen molar-refractivity contribution in [2.75, 3.05) is 13.1 Å². The first kappa shape index (κ1) is 15.6. The first-order chi connectivity index (χ1) is 9.15. The van der Waals surface area contributed by atoms with Crippen LogP contribution in [0, 0.1) is 0 Å². The average Bonchev–Trinajstić information content (AvgIpc) is 2.76. The van der Waals surface area contributed by atoms with Gasteiger partial charge < -0.3 is 20.5 Å². The molecule has 0 aromatic rings. The summed E-state index contributed by atoms with van der Waals surface area (Å²) in [6, 6.07) is 0. The molecule has 2 rings (SSSR count). The minimum atomic E-state index is -0.826. The molecule has 0 bridgehead atoms. The van der Waals surface area contributed by atoms with Crippen LogP contribution in [0.4, 0.5) is 4.79 Å². The van der Waals surface area contributed by atoms with E-state index in [9.17, 15) is 9.90 Å². The fourth-order valence-corrected chi connectivity index (χ4v) is 3.40. The highest BCUT2D eigenvalue weighted by Crippen LogP contribution is 2.41. The Hall–Kier alpha value is -0.810. The van der Waals surface area contributed by atoms with E-state index in [1.807, 2.05) is 20.8 Å². The molecule has 1 saturated heterocycles. The van der Waals surface area contributed by atoms with Gasteiger partial charge in [0.05, 0.1) is 11.1 Å². The van der Waals surface area contributed by atoms with E-state index in [2.05, 4.69) is 0 Å². The molecule has 20 heavy (non-hydrogen) atoms. The van der Waals surface area contributed by atoms with E-state index in [4.69, 9.17) is 10.5 Å². The number of carbonyl (C=O) groups excluding carboxylic acids is 1. The van der Waals surface area contributed by atoms with Crippen LogP contribution >= 0.6 is 0 Å². The van der Waals surface area contributed by atoms with E-state index in [1.165, 1.54) is 0 Å². The third kappa shape index (κ3) is 3.09. The summed E-state index contributed by atoms with van der Waals surface area (Å²) in [6.07, 6.45) is 4.77. The molecule has 0 spiro atoms. The van der Waals surface area contributed by atoms with Crippen molar-refractivity contribution in [1.29, 1.82) is 0 Å². The van der Waals surface area contributed by atoms with E-state index in [-0.39, 0.29) is 6.09 Å². The van der Waals surface area contributed by atoms with Crippen molar-refractivity contribution in [1.82, 2.24) is 4.90 Å². The maximum Gasteiger partial charge on any atom is 0.410 e. The quantitative estimate of drug-likeness (QED) is 0.772. The Morgan fingerprint density at radius 1 is 1.20 bits per heavy atom. The summed E-state index contributed by atoms with van der Waals surface area (Å²) in [4.78, 5) is 13.8. The fraction of sp³-hybridized carbons (Fsp3) is 0.933. The van der Waals surface area contributed by atoms with Gasteiger partial charge in [0.25, 0.3) is 0 Å². The van der Waals surface area contributed by atoms with Gasteiger partial charge in [-0.1, -0.05) is 12.8 Å². The molecule has 1 saturated carbocycles. The van der Waals surface area contributed by atoms with Crippen LogP contribution in [0.25, 0.3) is 0 Å². The largest absolute Gasteiger partial charge is 0.444 e. The van der Waals surface area contributed by atoms with Crippen molar-refractivity contribution in [2.24, 2.45) is 5.73 Å². The zero-order valence-electron chi connectivity index (χ0n) is 12.9. The van der Waals surface area contributed by atoms with Crippen LogP contribution < -0.4 is 5.73 Å². The Kier molecular flexibility index (Phi) is 4.04. The highest BCUT2D eigenvalue weighted by Gasteiger charge is 2.51. The number of nitrogens with two attached hydrogens (primary N) is 1. The van der Waals surface area contributed by atoms with Crippen molar-refractivity contribution in [2.45, 2.75) is 76.0 Å². The molecule has 0 radical (unpaired) electrons. The fourth-order valence-electron chi connectivity index (χ4n) is 3.40. The van der Waals surface area contributed by atoms with Gasteiger partial charge in [0.2, 0.25) is 0 Å². The van der Waals surface area contributed by atoms with Gasteiger partial charge in [-0.2, -0.15) is 0 Å². The maximum atomic E-state index is 12.2. The summed E-state index contributed by atoms with van der Waals surface area (Å²) >= 11 is 0. The number of rotatable bonds is 1. The predicted octanol–water partition coefficient (Wildman–Crippen LogP) is 2.02. The molecule has 1 heterocycles. The lowest BCUT2D eigenvalue weighted by molar-refractivity contribution is -0.0637. The number of hydrogen-bond donors (Lipinski definition) is 2. The van der Waals surface area contributed by atoms with Gasteiger partial charge in [-0.3, -0.25) is 0 Å². The van der Waals surface area contributed by atoms with Crippen molar-refractivity contribution in [3.8, 4) is 0 Å². The van der Waals surface area contributed by atoms with Crippen LogP contribution in [0.15, 0.2) is 0 Å². The topological polar surface area (TPSA) is 75.8 Å². The first-order valence-corrected chi connectivity index (χ1v) is 7.64. The van der Waals surface area contributed by atoms with E-state index in [0.29, 0.717) is 13.1 Å². The molecule has 1 atom stereocenters. The summed E-state index contributed by atoms with van der Waals surface area (Å²) in [5.41, 5.74) is 4.47. The number of carbonyl (C=O) groups is 1. The van der Waals surface area contributed by atoms with Crippen LogP contribution in [-0.4, -0.2) is 45.9 Å². The van der Waals surface area contributed by atoms with Crippen LogP contribution in [0.3, 0.4) is 0 Å². The smallest absolute Gasteiger partial charge is 0.410 e. The standard InChI is InChI=1S/C15H28N2O3/c1-13(2,3)20-12(18)17-10-6-7-14(16,11-17)15(19)8-4-5-9-15/h19H,4-11,16H2,1-3H3. The summed E-state index contributed by atoms with van der Waals surface area (Å²) in [6.45, 7) is 6.61. The van der Waals surface area contributed by atoms with Gasteiger partial charge in [0, 0.05) is 13.1 Å². The average molecular weight is 284 g/mol. The Labute approximate surface area is 121 Å². The molecule has 0 aromatic carbocycles. The number of aliphatic hydroxyl groups is 1. The maximum absolute atomic E-state index is 12.2. The van der Waals surface area contributed by atoms with E-state index >= 15 is 0 Å². The zero-order valence-corrected chi connectivity index (χ0v) is 12.9. The summed E-state index contributed by atoms with van der Waals surface area (Å²) < 4.78 is 5.42. The zero-order chi connectivity index (χ0) is 15.0. The van der Waals surface area contributed by atoms with E-state index < -0.39 is 16.7 Å². The second-order valence-electron chi connectivity index (χ2n) is 7.40. The first-order valence-electron chi connectivity index (χ1n) is 7.64. The van der Waals surface area contributed by atoms with Gasteiger partial charge >= 0.3 is 6.09 Å². The number of nitrogens with zero attached hydrogens (tertiary/aromatic N) is 1. The lowest BCUT2D eigenvalue weighted by Gasteiger charge is -2.48. The Bertz CT molecular complexity index is 372. The molecule has 1 aliphatic heterocycles. The third-order valence-corrected chi connectivity index (χ3v) is 4.53. The van der Waals surface area contributed by atoms with Gasteiger partial charge in [-0.25, -0.2) is 4.79 Å². The van der Waals surface area contributed by atoms with Gasteiger partial charge in [-0.15, -0.1) is 0 Å². The molecule has 1 aliphatic carbocycles. The van der Waals surface area contributed by atoms with Gasteiger partial charge in [0.15, 0.2) is 0 Å². The Morgan fingerprint density at radius 3 is 2.35 bits per heavy atom. The van der Waals surface area contributed by atoms with Gasteiger partial charge in [0.1, 0.15) is 5.60 Å². The summed E-state index contributed by atoms with van der Waals surface area (Å²) in [5, 5.41) is 10.8. The van der Waals surface area contributed by atoms with Crippen LogP contribution in [0.1, 0.15) is 59.3 Å². The molecule has 1 amide bonds. The summed E-state index contributed by atoms with van der Waals surface area (Å²) in [5.74, 6) is 0. The van der Waals surface area contributed by atoms with Crippen LogP contribution in [-0.2, 0) is 4.74 Å². The minimum absolute atomic E-state index is 0.325. The van der Waals surface area contributed by atoms with E-state index in [0.717, 1.165) is 38.5 Å². The van der Waals surface area contributed by atoms with Crippen molar-refractivity contribution in [3.63, 3.8) is 0 Å². The molecular weight excluding hydrogens is 256 g/mol. The molecule has 116 valence electrons. The monoisotopic (exact) mass is 284 g/mol. The highest BCUT2D eigenvalue weighted by molar-refractivity contribution is 5.68. The number of piperidine rings is 1. The Balaban J connectivity index is 2.06. The van der Waals surface area contributed by atoms with Crippen molar-refractivity contribution >= 4 is 6.09 Å². The lowest BCUT2D eigenvalue weighted by Crippen LogP contribution is -2.67. The summed E-state index contributed by atoms with van der Waals surface area (Å²) in [7, 11) is 0. The predicted molar refractivity (Wildman–Crippen MR) is 77.4 cm³/mol. The number of ether oxygens (including phenoxy) is 1. The molecule has 5 nitrogen and oxygen atoms in total. The number of amides is 1. The Morgan fingerprint density at radius 2 is 1.80 bits per heavy atom.